The number of ether oxygens (including phenoxy) is 1. The van der Waals surface area contributed by atoms with Gasteiger partial charge in [-0.2, -0.15) is 0 Å². The number of rotatable bonds is 3. The highest BCUT2D eigenvalue weighted by atomic mass is 16.5. The molecule has 0 aliphatic rings. The lowest BCUT2D eigenvalue weighted by atomic mass is 10.2. The van der Waals surface area contributed by atoms with E-state index in [0.29, 0.717) is 0 Å². The van der Waals surface area contributed by atoms with Gasteiger partial charge in [-0.05, 0) is 30.7 Å². The molecule has 0 unspecified atom stereocenters. The Labute approximate surface area is 87.7 Å². The summed E-state index contributed by atoms with van der Waals surface area (Å²) in [6.45, 7) is 2.79. The van der Waals surface area contributed by atoms with Crippen molar-refractivity contribution in [2.24, 2.45) is 0 Å². The normalized spacial score (nSPS) is 10.5. The van der Waals surface area contributed by atoms with Gasteiger partial charge in [0, 0.05) is 17.0 Å². The molecule has 0 spiro atoms. The van der Waals surface area contributed by atoms with E-state index in [0.717, 1.165) is 29.7 Å². The van der Waals surface area contributed by atoms with Crippen LogP contribution in [0.1, 0.15) is 13.3 Å². The highest BCUT2D eigenvalue weighted by Crippen LogP contribution is 2.18. The zero-order valence-corrected chi connectivity index (χ0v) is 8.62. The lowest BCUT2D eigenvalue weighted by Crippen LogP contribution is -2.02. The fourth-order valence-corrected chi connectivity index (χ4v) is 1.44. The van der Waals surface area contributed by atoms with E-state index < -0.39 is 0 Å². The molecule has 0 fully saturated rings. The number of hydrogen-bond donors (Lipinski definition) is 1. The molecule has 0 aliphatic heterocycles. The Morgan fingerprint density at radius 2 is 2.13 bits per heavy atom. The summed E-state index contributed by atoms with van der Waals surface area (Å²) in [5, 5.41) is 0.989. The van der Waals surface area contributed by atoms with Crippen LogP contribution in [0.5, 0.6) is 5.75 Å². The molecule has 2 rings (SSSR count). The first-order chi connectivity index (χ1) is 7.29. The molecule has 3 heteroatoms. The molecule has 78 valence electrons. The van der Waals surface area contributed by atoms with E-state index in [1.165, 1.54) is 6.07 Å². The fourth-order valence-electron chi connectivity index (χ4n) is 1.44. The summed E-state index contributed by atoms with van der Waals surface area (Å²) in [7, 11) is 0. The number of fused-ring (bicyclic) bond motifs is 1. The minimum absolute atomic E-state index is 0.0790. The van der Waals surface area contributed by atoms with Crippen molar-refractivity contribution in [3.8, 4) is 5.75 Å². The number of H-pyrrole nitrogens is 1. The third kappa shape index (κ3) is 2.18. The van der Waals surface area contributed by atoms with E-state index in [1.807, 2.05) is 18.2 Å². The summed E-state index contributed by atoms with van der Waals surface area (Å²) in [5.74, 6) is 0.844. The number of benzene rings is 1. The molecule has 1 N–H and O–H groups in total. The van der Waals surface area contributed by atoms with E-state index in [9.17, 15) is 4.79 Å². The predicted octanol–water partition coefficient (Wildman–Crippen LogP) is 2.32. The van der Waals surface area contributed by atoms with Gasteiger partial charge in [0.25, 0.3) is 0 Å². The van der Waals surface area contributed by atoms with Crippen molar-refractivity contribution in [2.45, 2.75) is 13.3 Å². The number of nitrogens with one attached hydrogen (secondary N) is 1. The molecule has 0 radical (unpaired) electrons. The fraction of sp³-hybridized carbons (Fsp3) is 0.250. The summed E-state index contributed by atoms with van der Waals surface area (Å²) in [6, 6.07) is 8.98. The van der Waals surface area contributed by atoms with Crippen molar-refractivity contribution in [1.29, 1.82) is 0 Å². The van der Waals surface area contributed by atoms with Crippen LogP contribution in [-0.2, 0) is 0 Å². The molecular formula is C12H13NO2. The van der Waals surface area contributed by atoms with Crippen LogP contribution < -0.4 is 10.3 Å². The number of hydrogen-bond acceptors (Lipinski definition) is 2. The largest absolute Gasteiger partial charge is 0.494 e. The second-order valence-corrected chi connectivity index (χ2v) is 3.42. The topological polar surface area (TPSA) is 42.1 Å². The monoisotopic (exact) mass is 203 g/mol. The molecule has 2 aromatic rings. The third-order valence-electron chi connectivity index (χ3n) is 2.17. The molecule has 0 amide bonds. The predicted molar refractivity (Wildman–Crippen MR) is 60.4 cm³/mol. The molecule has 0 atom stereocenters. The van der Waals surface area contributed by atoms with Gasteiger partial charge in [0.15, 0.2) is 0 Å². The van der Waals surface area contributed by atoms with E-state index >= 15 is 0 Å². The van der Waals surface area contributed by atoms with E-state index in [-0.39, 0.29) is 5.56 Å². The second-order valence-electron chi connectivity index (χ2n) is 3.42. The molecule has 0 saturated carbocycles. The van der Waals surface area contributed by atoms with Crippen LogP contribution in [0.4, 0.5) is 0 Å². The summed E-state index contributed by atoms with van der Waals surface area (Å²) < 4.78 is 5.50. The van der Waals surface area contributed by atoms with E-state index in [1.54, 1.807) is 6.07 Å². The maximum atomic E-state index is 11.1. The van der Waals surface area contributed by atoms with Crippen LogP contribution in [0.2, 0.25) is 0 Å². The van der Waals surface area contributed by atoms with Gasteiger partial charge in [-0.3, -0.25) is 4.79 Å². The Balaban J connectivity index is 2.39. The molecule has 0 aliphatic carbocycles. The van der Waals surface area contributed by atoms with Gasteiger partial charge in [-0.15, -0.1) is 0 Å². The van der Waals surface area contributed by atoms with Crippen molar-refractivity contribution in [3.05, 3.63) is 40.7 Å². The standard InChI is InChI=1S/C12H13NO2/c1-2-7-15-10-4-5-11-9(8-10)3-6-12(14)13-11/h3-6,8H,2,7H2,1H3,(H,13,14). The highest BCUT2D eigenvalue weighted by molar-refractivity contribution is 5.79. The van der Waals surface area contributed by atoms with Gasteiger partial charge in [0.1, 0.15) is 5.75 Å². The Morgan fingerprint density at radius 1 is 1.27 bits per heavy atom. The van der Waals surface area contributed by atoms with Crippen molar-refractivity contribution < 1.29 is 4.74 Å². The van der Waals surface area contributed by atoms with Gasteiger partial charge in [0.05, 0.1) is 6.61 Å². The maximum absolute atomic E-state index is 11.1. The molecule has 3 nitrogen and oxygen atoms in total. The van der Waals surface area contributed by atoms with Crippen LogP contribution in [0, 0.1) is 0 Å². The SMILES string of the molecule is CCCOc1ccc2[nH]c(=O)ccc2c1. The zero-order chi connectivity index (χ0) is 10.7. The number of aromatic amines is 1. The molecule has 1 aromatic carbocycles. The van der Waals surface area contributed by atoms with Crippen molar-refractivity contribution in [3.63, 3.8) is 0 Å². The molecule has 1 aromatic heterocycles. The molecule has 1 heterocycles. The molecular weight excluding hydrogens is 190 g/mol. The lowest BCUT2D eigenvalue weighted by molar-refractivity contribution is 0.318. The van der Waals surface area contributed by atoms with Gasteiger partial charge in [-0.25, -0.2) is 0 Å². The molecule has 0 bridgehead atoms. The summed E-state index contributed by atoms with van der Waals surface area (Å²) >= 11 is 0. The smallest absolute Gasteiger partial charge is 0.248 e. The van der Waals surface area contributed by atoms with Crippen LogP contribution in [0.25, 0.3) is 10.9 Å². The van der Waals surface area contributed by atoms with Crippen LogP contribution >= 0.6 is 0 Å². The quantitative estimate of drug-likeness (QED) is 0.831. The Morgan fingerprint density at radius 3 is 2.93 bits per heavy atom. The van der Waals surface area contributed by atoms with Crippen LogP contribution in [-0.4, -0.2) is 11.6 Å². The zero-order valence-electron chi connectivity index (χ0n) is 8.62. The number of aromatic nitrogens is 1. The average Bonchev–Trinajstić information content (AvgIpc) is 2.26. The minimum Gasteiger partial charge on any atom is -0.494 e. The summed E-state index contributed by atoms with van der Waals surface area (Å²) in [5.41, 5.74) is 0.760. The Bertz CT molecular complexity index is 516. The third-order valence-corrected chi connectivity index (χ3v) is 2.17. The van der Waals surface area contributed by atoms with Crippen LogP contribution in [0.3, 0.4) is 0 Å². The summed E-state index contributed by atoms with van der Waals surface area (Å²) in [6.07, 6.45) is 0.990. The second kappa shape index (κ2) is 4.17. The first kappa shape index (κ1) is 9.77. The van der Waals surface area contributed by atoms with Crippen molar-refractivity contribution in [1.82, 2.24) is 4.98 Å². The Hall–Kier alpha value is -1.77. The van der Waals surface area contributed by atoms with Gasteiger partial charge < -0.3 is 9.72 Å². The van der Waals surface area contributed by atoms with E-state index in [4.69, 9.17) is 4.74 Å². The highest BCUT2D eigenvalue weighted by Gasteiger charge is 1.97. The minimum atomic E-state index is -0.0790. The lowest BCUT2D eigenvalue weighted by Gasteiger charge is -2.05. The average molecular weight is 203 g/mol. The van der Waals surface area contributed by atoms with Gasteiger partial charge >= 0.3 is 0 Å². The number of pyridine rings is 1. The summed E-state index contributed by atoms with van der Waals surface area (Å²) in [4.78, 5) is 13.8. The first-order valence-electron chi connectivity index (χ1n) is 5.05. The van der Waals surface area contributed by atoms with Crippen molar-refractivity contribution >= 4 is 10.9 Å². The maximum Gasteiger partial charge on any atom is 0.248 e. The van der Waals surface area contributed by atoms with Crippen LogP contribution in [0.15, 0.2) is 35.1 Å². The van der Waals surface area contributed by atoms with Crippen molar-refractivity contribution in [2.75, 3.05) is 6.61 Å². The molecule has 15 heavy (non-hydrogen) atoms. The molecule has 0 saturated heterocycles. The van der Waals surface area contributed by atoms with Gasteiger partial charge in [0.2, 0.25) is 5.56 Å². The van der Waals surface area contributed by atoms with Gasteiger partial charge in [-0.1, -0.05) is 6.92 Å². The Kier molecular flexibility index (Phi) is 2.72. The first-order valence-corrected chi connectivity index (χ1v) is 5.05. The van der Waals surface area contributed by atoms with E-state index in [2.05, 4.69) is 11.9 Å².